The van der Waals surface area contributed by atoms with E-state index in [0.717, 1.165) is 31.7 Å². The van der Waals surface area contributed by atoms with Crippen LogP contribution in [0, 0.1) is 11.7 Å². The van der Waals surface area contributed by atoms with Gasteiger partial charge in [0.2, 0.25) is 0 Å². The van der Waals surface area contributed by atoms with Gasteiger partial charge >= 0.3 is 12.1 Å². The van der Waals surface area contributed by atoms with E-state index in [1.807, 2.05) is 0 Å². The van der Waals surface area contributed by atoms with Crippen LogP contribution in [0.2, 0.25) is 0 Å². The Morgan fingerprint density at radius 1 is 1.30 bits per heavy atom. The number of aliphatic hydroxyl groups excluding tert-OH is 1. The van der Waals surface area contributed by atoms with Gasteiger partial charge in [0, 0.05) is 5.92 Å². The number of methoxy groups -OCH3 is 1. The normalized spacial score (nSPS) is 18.8. The van der Waals surface area contributed by atoms with E-state index < -0.39 is 50.7 Å². The second-order valence-electron chi connectivity index (χ2n) is 7.60. The number of aromatic carboxylic acids is 1. The van der Waals surface area contributed by atoms with E-state index in [2.05, 4.69) is 4.74 Å². The molecule has 4 rings (SSSR count). The lowest BCUT2D eigenvalue weighted by atomic mass is 10.00. The SMILES string of the molecule is COC(=O)N(c1ccc2c(c1C(=O)O)OC[C@@H]1C[C@H]21)S(=O)(=O)c1ccc(F)cc1/C=C\CO. The summed E-state index contributed by atoms with van der Waals surface area (Å²) in [7, 11) is -3.84. The highest BCUT2D eigenvalue weighted by Gasteiger charge is 2.47. The van der Waals surface area contributed by atoms with Gasteiger partial charge in [-0.05, 0) is 47.7 Å². The molecule has 33 heavy (non-hydrogen) atoms. The molecule has 0 bridgehead atoms. The minimum absolute atomic E-state index is 0.0161. The largest absolute Gasteiger partial charge is 0.492 e. The molecule has 2 aromatic carbocycles. The number of anilines is 1. The maximum atomic E-state index is 13.8. The summed E-state index contributed by atoms with van der Waals surface area (Å²) in [5.41, 5.74) is -0.456. The highest BCUT2D eigenvalue weighted by Crippen LogP contribution is 2.55. The number of ether oxygens (including phenoxy) is 2. The predicted octanol–water partition coefficient (Wildman–Crippen LogP) is 2.99. The highest BCUT2D eigenvalue weighted by molar-refractivity contribution is 7.93. The van der Waals surface area contributed by atoms with Crippen LogP contribution in [0.25, 0.3) is 6.08 Å². The topological polar surface area (TPSA) is 130 Å². The van der Waals surface area contributed by atoms with E-state index in [1.165, 1.54) is 18.2 Å². The zero-order valence-electron chi connectivity index (χ0n) is 17.4. The van der Waals surface area contributed by atoms with Crippen LogP contribution in [-0.2, 0) is 14.8 Å². The summed E-state index contributed by atoms with van der Waals surface area (Å²) in [6.45, 7) is -0.148. The van der Waals surface area contributed by atoms with Crippen molar-refractivity contribution in [2.45, 2.75) is 17.2 Å². The van der Waals surface area contributed by atoms with Gasteiger partial charge in [0.25, 0.3) is 10.0 Å². The summed E-state index contributed by atoms with van der Waals surface area (Å²) in [6.07, 6.45) is 1.84. The number of amides is 1. The van der Waals surface area contributed by atoms with Gasteiger partial charge in [0.15, 0.2) is 0 Å². The maximum Gasteiger partial charge on any atom is 0.428 e. The number of hydrogen-bond acceptors (Lipinski definition) is 7. The summed E-state index contributed by atoms with van der Waals surface area (Å²) >= 11 is 0. The molecule has 2 aliphatic rings. The average molecular weight is 477 g/mol. The quantitative estimate of drug-likeness (QED) is 0.649. The summed E-state index contributed by atoms with van der Waals surface area (Å²) in [6, 6.07) is 5.52. The highest BCUT2D eigenvalue weighted by atomic mass is 32.2. The Hall–Kier alpha value is -3.44. The first-order valence-corrected chi connectivity index (χ1v) is 11.4. The number of carboxylic acids is 1. The molecular formula is C22H20FNO8S. The number of nitrogens with zero attached hydrogens (tertiary/aromatic N) is 1. The molecule has 1 aliphatic heterocycles. The van der Waals surface area contributed by atoms with E-state index in [1.54, 1.807) is 6.07 Å². The van der Waals surface area contributed by atoms with Gasteiger partial charge in [-0.25, -0.2) is 22.4 Å². The monoisotopic (exact) mass is 477 g/mol. The number of halogens is 1. The number of sulfonamides is 1. The molecule has 0 aromatic heterocycles. The Morgan fingerprint density at radius 2 is 2.06 bits per heavy atom. The van der Waals surface area contributed by atoms with Gasteiger partial charge < -0.3 is 19.7 Å². The van der Waals surface area contributed by atoms with Gasteiger partial charge in [-0.3, -0.25) is 0 Å². The minimum atomic E-state index is -4.79. The maximum absolute atomic E-state index is 13.8. The molecule has 0 spiro atoms. The van der Waals surface area contributed by atoms with Gasteiger partial charge in [-0.2, -0.15) is 4.31 Å². The van der Waals surface area contributed by atoms with Crippen molar-refractivity contribution in [2.75, 3.05) is 24.6 Å². The first kappa shape index (κ1) is 22.7. The van der Waals surface area contributed by atoms with E-state index in [0.29, 0.717) is 12.2 Å². The van der Waals surface area contributed by atoms with Gasteiger partial charge in [-0.1, -0.05) is 18.2 Å². The van der Waals surface area contributed by atoms with Gasteiger partial charge in [-0.15, -0.1) is 0 Å². The third-order valence-electron chi connectivity index (χ3n) is 5.60. The second-order valence-corrected chi connectivity index (χ2v) is 9.36. The minimum Gasteiger partial charge on any atom is -0.492 e. The second kappa shape index (κ2) is 8.49. The van der Waals surface area contributed by atoms with Crippen LogP contribution < -0.4 is 9.04 Å². The van der Waals surface area contributed by atoms with Crippen LogP contribution in [0.5, 0.6) is 5.75 Å². The zero-order valence-corrected chi connectivity index (χ0v) is 18.2. The summed E-state index contributed by atoms with van der Waals surface area (Å²) in [5.74, 6) is -1.81. The van der Waals surface area contributed by atoms with Crippen LogP contribution in [0.15, 0.2) is 41.3 Å². The predicted molar refractivity (Wildman–Crippen MR) is 114 cm³/mol. The zero-order chi connectivity index (χ0) is 23.9. The molecule has 2 N–H and O–H groups in total. The molecule has 0 saturated heterocycles. The number of aliphatic hydroxyl groups is 1. The molecule has 1 heterocycles. The molecular weight excluding hydrogens is 457 g/mol. The number of carbonyl (C=O) groups is 2. The molecule has 1 amide bonds. The van der Waals surface area contributed by atoms with Crippen LogP contribution in [0.4, 0.5) is 14.9 Å². The molecule has 1 aliphatic carbocycles. The lowest BCUT2D eigenvalue weighted by Gasteiger charge is -2.26. The van der Waals surface area contributed by atoms with E-state index in [4.69, 9.17) is 9.84 Å². The van der Waals surface area contributed by atoms with Crippen LogP contribution >= 0.6 is 0 Å². The molecule has 11 heteroatoms. The van der Waals surface area contributed by atoms with Crippen LogP contribution in [0.1, 0.15) is 33.8 Å². The Bertz CT molecular complexity index is 1270. The number of hydrogen-bond donors (Lipinski definition) is 2. The summed E-state index contributed by atoms with van der Waals surface area (Å²) in [4.78, 5) is 24.4. The van der Waals surface area contributed by atoms with Crippen molar-refractivity contribution in [3.8, 4) is 5.75 Å². The number of carboxylic acid groups (broad SMARTS) is 1. The Balaban J connectivity index is 1.94. The fourth-order valence-corrected chi connectivity index (χ4v) is 5.53. The number of fused-ring (bicyclic) bond motifs is 3. The fraction of sp³-hybridized carbons (Fsp3) is 0.273. The standard InChI is InChI=1S/C22H20FNO8S/c1-31-22(28)24(33(29,30)18-7-4-14(23)9-12(18)3-2-8-25)17-6-5-15-16-10-13(16)11-32-20(15)19(17)21(26)27/h2-7,9,13,16,25H,8,10-11H2,1H3,(H,26,27)/b3-2-/t13-,16-/m0/s1. The van der Waals surface area contributed by atoms with Crippen LogP contribution in [0.3, 0.4) is 0 Å². The Morgan fingerprint density at radius 3 is 2.73 bits per heavy atom. The Labute approximate surface area is 188 Å². The number of carbonyl (C=O) groups excluding carboxylic acids is 1. The van der Waals surface area contributed by atoms with Gasteiger partial charge in [0.05, 0.1) is 30.9 Å². The molecule has 1 fully saturated rings. The summed E-state index contributed by atoms with van der Waals surface area (Å²) < 4.78 is 51.6. The molecule has 2 atom stereocenters. The van der Waals surface area contributed by atoms with Crippen molar-refractivity contribution >= 4 is 33.8 Å². The lowest BCUT2D eigenvalue weighted by molar-refractivity contribution is 0.0692. The molecule has 174 valence electrons. The number of benzene rings is 2. The molecule has 1 saturated carbocycles. The van der Waals surface area contributed by atoms with Crippen LogP contribution in [-0.4, -0.2) is 51.0 Å². The van der Waals surface area contributed by atoms with Crippen molar-refractivity contribution in [3.05, 3.63) is 58.9 Å². The fourth-order valence-electron chi connectivity index (χ4n) is 3.99. The molecule has 0 unspecified atom stereocenters. The third-order valence-corrected chi connectivity index (χ3v) is 7.35. The summed E-state index contributed by atoms with van der Waals surface area (Å²) in [5, 5.41) is 19.0. The first-order chi connectivity index (χ1) is 15.7. The van der Waals surface area contributed by atoms with E-state index >= 15 is 0 Å². The molecule has 9 nitrogen and oxygen atoms in total. The third kappa shape index (κ3) is 3.93. The molecule has 2 aromatic rings. The van der Waals surface area contributed by atoms with Gasteiger partial charge in [0.1, 0.15) is 17.1 Å². The number of rotatable bonds is 6. The molecule has 0 radical (unpaired) electrons. The van der Waals surface area contributed by atoms with Crippen molar-refractivity contribution in [2.24, 2.45) is 5.92 Å². The van der Waals surface area contributed by atoms with Crippen molar-refractivity contribution in [1.29, 1.82) is 0 Å². The van der Waals surface area contributed by atoms with E-state index in [9.17, 15) is 27.5 Å². The van der Waals surface area contributed by atoms with Crippen molar-refractivity contribution in [3.63, 3.8) is 0 Å². The van der Waals surface area contributed by atoms with Crippen molar-refractivity contribution < 1.29 is 42.1 Å². The van der Waals surface area contributed by atoms with Crippen molar-refractivity contribution in [1.82, 2.24) is 0 Å². The first-order valence-electron chi connectivity index (χ1n) is 9.94. The Kier molecular flexibility index (Phi) is 5.85. The average Bonchev–Trinajstić information content (AvgIpc) is 3.57. The smallest absolute Gasteiger partial charge is 0.428 e. The lowest BCUT2D eigenvalue weighted by Crippen LogP contribution is -2.38. The van der Waals surface area contributed by atoms with E-state index in [-0.39, 0.29) is 27.5 Å².